The molecule has 0 saturated heterocycles. The highest BCUT2D eigenvalue weighted by Gasteiger charge is 2.31. The zero-order valence-corrected chi connectivity index (χ0v) is 22.6. The summed E-state index contributed by atoms with van der Waals surface area (Å²) in [6.45, 7) is 8.46. The van der Waals surface area contributed by atoms with Gasteiger partial charge in [-0.3, -0.25) is 9.59 Å². The van der Waals surface area contributed by atoms with Crippen LogP contribution in [0.1, 0.15) is 48.1 Å². The lowest BCUT2D eigenvalue weighted by Crippen LogP contribution is -2.52. The predicted molar refractivity (Wildman–Crippen MR) is 146 cm³/mol. The molecule has 5 heteroatoms. The third-order valence-corrected chi connectivity index (χ3v) is 6.91. The summed E-state index contributed by atoms with van der Waals surface area (Å²) in [5.41, 5.74) is 5.20. The summed E-state index contributed by atoms with van der Waals surface area (Å²) < 4.78 is 0.977. The standard InChI is InChI=1S/C30H35BrN2O2/c1-5-23(4)32-30(35)28(18-24-9-7-6-8-10-24)33(20-25-13-15-27(31)16-14-25)29(34)19-26-17-21(2)11-12-22(26)3/h6-17,23,28H,5,18-20H2,1-4H3,(H,32,35). The Labute approximate surface area is 217 Å². The van der Waals surface area contributed by atoms with Crippen LogP contribution in [0.25, 0.3) is 0 Å². The van der Waals surface area contributed by atoms with Gasteiger partial charge in [0.25, 0.3) is 0 Å². The van der Waals surface area contributed by atoms with E-state index >= 15 is 0 Å². The van der Waals surface area contributed by atoms with Gasteiger partial charge in [0.05, 0.1) is 6.42 Å². The summed E-state index contributed by atoms with van der Waals surface area (Å²) in [4.78, 5) is 29.2. The van der Waals surface area contributed by atoms with Crippen LogP contribution in [0.5, 0.6) is 0 Å². The lowest BCUT2D eigenvalue weighted by molar-refractivity contribution is -0.141. The smallest absolute Gasteiger partial charge is 0.243 e. The largest absolute Gasteiger partial charge is 0.352 e. The fourth-order valence-electron chi connectivity index (χ4n) is 4.04. The summed E-state index contributed by atoms with van der Waals surface area (Å²) in [6, 6.07) is 23.4. The number of nitrogens with one attached hydrogen (secondary N) is 1. The van der Waals surface area contributed by atoms with Crippen molar-refractivity contribution in [2.45, 2.75) is 65.6 Å². The highest BCUT2D eigenvalue weighted by molar-refractivity contribution is 9.10. The molecule has 3 rings (SSSR count). The molecule has 0 aromatic heterocycles. The summed E-state index contributed by atoms with van der Waals surface area (Å²) in [7, 11) is 0. The first-order valence-electron chi connectivity index (χ1n) is 12.2. The quantitative estimate of drug-likeness (QED) is 0.338. The SMILES string of the molecule is CCC(C)NC(=O)C(Cc1ccccc1)N(Cc1ccc(Br)cc1)C(=O)Cc1cc(C)ccc1C. The van der Waals surface area contributed by atoms with Crippen LogP contribution in [0, 0.1) is 13.8 Å². The lowest BCUT2D eigenvalue weighted by atomic mass is 9.99. The zero-order valence-electron chi connectivity index (χ0n) is 21.1. The minimum Gasteiger partial charge on any atom is -0.352 e. The zero-order chi connectivity index (χ0) is 25.4. The molecule has 0 saturated carbocycles. The second kappa shape index (κ2) is 12.7. The molecule has 0 bridgehead atoms. The van der Waals surface area contributed by atoms with Gasteiger partial charge in [-0.2, -0.15) is 0 Å². The highest BCUT2D eigenvalue weighted by Crippen LogP contribution is 2.20. The minimum absolute atomic E-state index is 0.0319. The van der Waals surface area contributed by atoms with Crippen LogP contribution >= 0.6 is 15.9 Å². The van der Waals surface area contributed by atoms with Gasteiger partial charge in [0, 0.05) is 23.5 Å². The maximum absolute atomic E-state index is 13.9. The molecule has 1 N–H and O–H groups in total. The monoisotopic (exact) mass is 534 g/mol. The van der Waals surface area contributed by atoms with Crippen LogP contribution in [0.2, 0.25) is 0 Å². The van der Waals surface area contributed by atoms with Gasteiger partial charge in [-0.15, -0.1) is 0 Å². The average Bonchev–Trinajstić information content (AvgIpc) is 2.85. The Bertz CT molecular complexity index is 1130. The van der Waals surface area contributed by atoms with Crippen molar-refractivity contribution in [1.29, 1.82) is 0 Å². The second-order valence-corrected chi connectivity index (χ2v) is 10.2. The van der Waals surface area contributed by atoms with Crippen molar-refractivity contribution >= 4 is 27.7 Å². The molecule has 35 heavy (non-hydrogen) atoms. The van der Waals surface area contributed by atoms with Gasteiger partial charge in [0.15, 0.2) is 0 Å². The molecular weight excluding hydrogens is 500 g/mol. The molecule has 0 aliphatic rings. The molecule has 3 aromatic rings. The van der Waals surface area contributed by atoms with Gasteiger partial charge < -0.3 is 10.2 Å². The van der Waals surface area contributed by atoms with Gasteiger partial charge in [-0.1, -0.05) is 89.1 Å². The second-order valence-electron chi connectivity index (χ2n) is 9.28. The third kappa shape index (κ3) is 7.79. The fraction of sp³-hybridized carbons (Fsp3) is 0.333. The van der Waals surface area contributed by atoms with Gasteiger partial charge >= 0.3 is 0 Å². The van der Waals surface area contributed by atoms with E-state index in [0.717, 1.165) is 38.7 Å². The third-order valence-electron chi connectivity index (χ3n) is 6.38. The van der Waals surface area contributed by atoms with Gasteiger partial charge in [-0.25, -0.2) is 0 Å². The number of rotatable bonds is 10. The predicted octanol–water partition coefficient (Wildman–Crippen LogP) is 6.16. The van der Waals surface area contributed by atoms with Crippen molar-refractivity contribution in [1.82, 2.24) is 10.2 Å². The van der Waals surface area contributed by atoms with Crippen LogP contribution < -0.4 is 5.32 Å². The van der Waals surface area contributed by atoms with E-state index in [2.05, 4.69) is 33.4 Å². The Morgan fingerprint density at radius 1 is 0.943 bits per heavy atom. The molecule has 0 radical (unpaired) electrons. The Kier molecular flexibility index (Phi) is 9.67. The summed E-state index contributed by atoms with van der Waals surface area (Å²) in [5.74, 6) is -0.170. The molecule has 3 aromatic carbocycles. The Balaban J connectivity index is 1.99. The molecular formula is C30H35BrN2O2. The van der Waals surface area contributed by atoms with Crippen molar-refractivity contribution in [2.24, 2.45) is 0 Å². The molecule has 0 fully saturated rings. The summed E-state index contributed by atoms with van der Waals surface area (Å²) in [5, 5.41) is 3.12. The molecule has 184 valence electrons. The maximum Gasteiger partial charge on any atom is 0.243 e. The first kappa shape index (κ1) is 26.7. The highest BCUT2D eigenvalue weighted by atomic mass is 79.9. The van der Waals surface area contributed by atoms with Crippen LogP contribution in [0.15, 0.2) is 77.3 Å². The van der Waals surface area contributed by atoms with Crippen molar-refractivity contribution in [3.05, 3.63) is 105 Å². The number of carbonyl (C=O) groups excluding carboxylic acids is 2. The first-order chi connectivity index (χ1) is 16.8. The number of aryl methyl sites for hydroxylation is 2. The van der Waals surface area contributed by atoms with Crippen molar-refractivity contribution in [3.8, 4) is 0 Å². The Morgan fingerprint density at radius 2 is 1.63 bits per heavy atom. The number of benzene rings is 3. The van der Waals surface area contributed by atoms with E-state index in [1.54, 1.807) is 4.90 Å². The van der Waals surface area contributed by atoms with Crippen molar-refractivity contribution in [2.75, 3.05) is 0 Å². The van der Waals surface area contributed by atoms with E-state index in [0.29, 0.717) is 13.0 Å². The number of carbonyl (C=O) groups is 2. The average molecular weight is 536 g/mol. The maximum atomic E-state index is 13.9. The molecule has 4 nitrogen and oxygen atoms in total. The Hall–Kier alpha value is -2.92. The van der Waals surface area contributed by atoms with Crippen LogP contribution in [-0.4, -0.2) is 28.8 Å². The topological polar surface area (TPSA) is 49.4 Å². The molecule has 0 heterocycles. The molecule has 0 aliphatic carbocycles. The number of hydrogen-bond donors (Lipinski definition) is 1. The van der Waals surface area contributed by atoms with Gasteiger partial charge in [0.1, 0.15) is 6.04 Å². The van der Waals surface area contributed by atoms with Crippen LogP contribution in [0.4, 0.5) is 0 Å². The number of halogens is 1. The van der Waals surface area contributed by atoms with Crippen molar-refractivity contribution < 1.29 is 9.59 Å². The van der Waals surface area contributed by atoms with E-state index in [1.165, 1.54) is 0 Å². The number of amides is 2. The van der Waals surface area contributed by atoms with Crippen LogP contribution in [0.3, 0.4) is 0 Å². The summed E-state index contributed by atoms with van der Waals surface area (Å²) in [6.07, 6.45) is 1.54. The summed E-state index contributed by atoms with van der Waals surface area (Å²) >= 11 is 3.49. The Morgan fingerprint density at radius 3 is 2.29 bits per heavy atom. The fourth-order valence-corrected chi connectivity index (χ4v) is 4.30. The van der Waals surface area contributed by atoms with E-state index in [4.69, 9.17) is 0 Å². The lowest BCUT2D eigenvalue weighted by Gasteiger charge is -2.32. The molecule has 2 atom stereocenters. The minimum atomic E-state index is -0.618. The molecule has 0 spiro atoms. The van der Waals surface area contributed by atoms with Crippen molar-refractivity contribution in [3.63, 3.8) is 0 Å². The number of hydrogen-bond acceptors (Lipinski definition) is 2. The number of nitrogens with zero attached hydrogens (tertiary/aromatic N) is 1. The van der Waals surface area contributed by atoms with Gasteiger partial charge in [0.2, 0.25) is 11.8 Å². The van der Waals surface area contributed by atoms with Gasteiger partial charge in [-0.05, 0) is 61.6 Å². The molecule has 0 aliphatic heterocycles. The van der Waals surface area contributed by atoms with Crippen LogP contribution in [-0.2, 0) is 29.0 Å². The van der Waals surface area contributed by atoms with E-state index in [9.17, 15) is 9.59 Å². The first-order valence-corrected chi connectivity index (χ1v) is 13.0. The van der Waals surface area contributed by atoms with E-state index in [1.807, 2.05) is 88.4 Å². The molecule has 2 amide bonds. The van der Waals surface area contributed by atoms with E-state index < -0.39 is 6.04 Å². The normalized spacial score (nSPS) is 12.6. The van der Waals surface area contributed by atoms with E-state index in [-0.39, 0.29) is 24.3 Å². The molecule has 2 unspecified atom stereocenters.